The number of nitrogens with zero attached hydrogens (tertiary/aromatic N) is 1. The van der Waals surface area contributed by atoms with Gasteiger partial charge in [-0.1, -0.05) is 141 Å². The Hall–Kier alpha value is -3.15. The van der Waals surface area contributed by atoms with Crippen LogP contribution in [-0.4, -0.2) is 152 Å². The van der Waals surface area contributed by atoms with Crippen LogP contribution in [0.4, 0.5) is 0 Å². The summed E-state index contributed by atoms with van der Waals surface area (Å²) in [5, 5.41) is 2.25. The Bertz CT molecular complexity index is 2740. The first-order valence-corrected chi connectivity index (χ1v) is 38.5. The van der Waals surface area contributed by atoms with E-state index in [0.717, 1.165) is 31.3 Å². The van der Waals surface area contributed by atoms with Gasteiger partial charge in [-0.15, -0.1) is 0 Å². The predicted molar refractivity (Wildman–Crippen MR) is 351 cm³/mol. The number of carbonyl (C=O) groups excluding carboxylic acids is 2. The Kier molecular flexibility index (Phi) is 21.5. The lowest BCUT2D eigenvalue weighted by atomic mass is 9.78. The largest absolute Gasteiger partial charge is 0.456 e. The SMILES string of the molecule is CO[C@H]1C[C@@H](C)C/C(C)=C/[C@H]2C[C@@H](O[Si](C)(C)C(C)(C)C)CO[C@@]23C[C@H](OC(C)(C)O3)[C@@H](C)[C@@H](/C(C)=C\[C@@H]2CC[C@@H](O[Si](c3ccccc3)(c3ccccc3)C(C)(C)C)[C@H](OC)C2)OC(=O)[C@@H]2CCCCN2C(=O)[C@@H]2OC(C)(C)O[C@@]23O[C@H]1[C@@H](OC)C[C@H]3C. The minimum absolute atomic E-state index is 0.00865. The molecule has 17 atom stereocenters. The van der Waals surface area contributed by atoms with E-state index in [2.05, 4.69) is 155 Å². The molecule has 15 nitrogen and oxygen atoms in total. The summed E-state index contributed by atoms with van der Waals surface area (Å²) in [6.07, 6.45) is 7.42. The van der Waals surface area contributed by atoms with Gasteiger partial charge in [-0.25, -0.2) is 4.79 Å². The van der Waals surface area contributed by atoms with Gasteiger partial charge in [0.05, 0.1) is 43.2 Å². The summed E-state index contributed by atoms with van der Waals surface area (Å²) in [5.74, 6) is -6.55. The van der Waals surface area contributed by atoms with Crippen molar-refractivity contribution in [3.8, 4) is 0 Å². The molecule has 6 heterocycles. The van der Waals surface area contributed by atoms with E-state index < -0.39 is 88.2 Å². The highest BCUT2D eigenvalue weighted by Gasteiger charge is 2.66. The van der Waals surface area contributed by atoms with E-state index >= 15 is 9.59 Å². The number of piperidine rings is 1. The maximum atomic E-state index is 15.7. The molecule has 0 unspecified atom stereocenters. The monoisotopic (exact) mass is 1270 g/mol. The van der Waals surface area contributed by atoms with Crippen molar-refractivity contribution in [2.75, 3.05) is 34.5 Å². The van der Waals surface area contributed by atoms with Gasteiger partial charge in [0, 0.05) is 52.0 Å². The third kappa shape index (κ3) is 14.7. The normalized spacial score (nSPS) is 37.8. The zero-order valence-corrected chi connectivity index (χ0v) is 59.9. The van der Waals surface area contributed by atoms with Gasteiger partial charge >= 0.3 is 5.97 Å². The molecular weight excluding hydrogens is 1160 g/mol. The van der Waals surface area contributed by atoms with E-state index in [1.165, 1.54) is 15.9 Å². The molecule has 1 aliphatic carbocycles. The van der Waals surface area contributed by atoms with Crippen LogP contribution in [0.3, 0.4) is 0 Å². The van der Waals surface area contributed by atoms with E-state index in [0.29, 0.717) is 58.1 Å². The number of benzene rings is 2. The van der Waals surface area contributed by atoms with Crippen molar-refractivity contribution < 1.29 is 65.8 Å². The van der Waals surface area contributed by atoms with Crippen LogP contribution in [0, 0.1) is 29.6 Å². The zero-order valence-electron chi connectivity index (χ0n) is 57.9. The molecule has 6 aliphatic heterocycles. The number of hydrogen-bond donors (Lipinski definition) is 0. The van der Waals surface area contributed by atoms with Crippen molar-refractivity contribution in [3.05, 3.63) is 84.0 Å². The predicted octanol–water partition coefficient (Wildman–Crippen LogP) is 13.0. The van der Waals surface area contributed by atoms with Crippen LogP contribution in [0.1, 0.15) is 174 Å². The molecule has 9 rings (SSSR count). The van der Waals surface area contributed by atoms with E-state index in [-0.39, 0.29) is 64.1 Å². The first-order valence-electron chi connectivity index (χ1n) is 33.7. The average Bonchev–Trinajstić information content (AvgIpc) is 1.76. The van der Waals surface area contributed by atoms with Crippen LogP contribution < -0.4 is 10.4 Å². The van der Waals surface area contributed by atoms with Crippen molar-refractivity contribution in [1.29, 1.82) is 0 Å². The molecular formula is C72H113NO14Si2. The van der Waals surface area contributed by atoms with Crippen LogP contribution in [-0.2, 0) is 65.8 Å². The lowest BCUT2D eigenvalue weighted by Crippen LogP contribution is -2.68. The Labute approximate surface area is 536 Å². The summed E-state index contributed by atoms with van der Waals surface area (Å²) in [6, 6.07) is 20.7. The van der Waals surface area contributed by atoms with E-state index in [4.69, 9.17) is 56.2 Å². The summed E-state index contributed by atoms with van der Waals surface area (Å²) >= 11 is 0. The summed E-state index contributed by atoms with van der Waals surface area (Å²) in [6.45, 7) is 37.4. The van der Waals surface area contributed by atoms with E-state index in [1.807, 2.05) is 34.6 Å². The third-order valence-electron chi connectivity index (χ3n) is 21.5. The van der Waals surface area contributed by atoms with Crippen LogP contribution >= 0.6 is 0 Å². The fraction of sp³-hybridized carbons (Fsp3) is 0.750. The second kappa shape index (κ2) is 27.3. The highest BCUT2D eigenvalue weighted by atomic mass is 28.4. The van der Waals surface area contributed by atoms with Gasteiger partial charge < -0.3 is 61.1 Å². The maximum Gasteiger partial charge on any atom is 0.329 e. The van der Waals surface area contributed by atoms with Gasteiger partial charge in [-0.2, -0.15) is 0 Å². The molecule has 17 heteroatoms. The molecule has 5 saturated heterocycles. The van der Waals surface area contributed by atoms with Gasteiger partial charge in [-0.05, 0) is 157 Å². The Morgan fingerprint density at radius 2 is 1.33 bits per heavy atom. The average molecular weight is 1270 g/mol. The van der Waals surface area contributed by atoms with Crippen molar-refractivity contribution in [3.63, 3.8) is 0 Å². The summed E-state index contributed by atoms with van der Waals surface area (Å²) in [5.41, 5.74) is 2.10. The molecule has 6 fully saturated rings. The summed E-state index contributed by atoms with van der Waals surface area (Å²) in [7, 11) is 0.0775. The molecule has 1 amide bonds. The molecule has 2 aromatic rings. The third-order valence-corrected chi connectivity index (χ3v) is 31.0. The number of hydrogen-bond acceptors (Lipinski definition) is 14. The molecule has 4 bridgehead atoms. The first kappa shape index (κ1) is 70.2. The molecule has 7 aliphatic rings. The quantitative estimate of drug-likeness (QED) is 0.119. The van der Waals surface area contributed by atoms with Gasteiger partial charge in [0.1, 0.15) is 18.2 Å². The standard InChI is InChI=1S/C72H113NO14Si2/c1-46-37-47(2)39-59(77-17)63-60(78-18)41-49(4)72(82-63)64(83-70(14,15)87-72)65(74)73-36-28-27-33-56(73)66(75)80-62(50(5)61-44-71(86-69(12,13)81-61)52(38-46)43-53(45-79-71)84-88(19,20)67(6,7)8)48(3)40-51-34-35-57(58(42-51)76-16)85-89(68(9,10)11,54-29-23-21-24-30-54)55-31-25-22-26-32-55/h21-26,29-32,38,40,47,49-53,56-64H,27-28,33-37,39,41-45H2,1-20H3/b46-38+,48-40-/t47-,49+,50+,51-,52-,53+,56-,57+,58+,59-,60-,61-,62+,63+,64-,71+,72+/m0/s1. The number of carbonyl (C=O) groups is 2. The topological polar surface area (TPSA) is 148 Å². The smallest absolute Gasteiger partial charge is 0.329 e. The summed E-state index contributed by atoms with van der Waals surface area (Å²) < 4.78 is 83.8. The maximum absolute atomic E-state index is 15.7. The first-order chi connectivity index (χ1) is 41.7. The van der Waals surface area contributed by atoms with Gasteiger partial charge in [0.2, 0.25) is 5.79 Å². The molecule has 0 radical (unpaired) electrons. The molecule has 1 saturated carbocycles. The number of esters is 1. The van der Waals surface area contributed by atoms with Crippen molar-refractivity contribution in [2.24, 2.45) is 29.6 Å². The number of cyclic esters (lactones) is 1. The minimum Gasteiger partial charge on any atom is -0.456 e. The number of allylic oxidation sites excluding steroid dienone is 2. The van der Waals surface area contributed by atoms with Crippen molar-refractivity contribution in [2.45, 2.75) is 282 Å². The Balaban J connectivity index is 1.12. The van der Waals surface area contributed by atoms with Crippen LogP contribution in [0.5, 0.6) is 0 Å². The molecule has 0 N–H and O–H groups in total. The number of ether oxygens (including phenoxy) is 10. The van der Waals surface area contributed by atoms with Gasteiger partial charge in [-0.3, -0.25) is 4.79 Å². The van der Waals surface area contributed by atoms with E-state index in [1.54, 1.807) is 26.2 Å². The van der Waals surface area contributed by atoms with Crippen molar-refractivity contribution >= 4 is 38.9 Å². The lowest BCUT2D eigenvalue weighted by Gasteiger charge is -2.55. The lowest BCUT2D eigenvalue weighted by molar-refractivity contribution is -0.427. The highest BCUT2D eigenvalue weighted by Crippen LogP contribution is 2.53. The zero-order chi connectivity index (χ0) is 64.9. The number of rotatable bonds is 11. The van der Waals surface area contributed by atoms with Gasteiger partial charge in [0.25, 0.3) is 14.2 Å². The van der Waals surface area contributed by atoms with Gasteiger partial charge in [0.15, 0.2) is 31.8 Å². The molecule has 2 aromatic carbocycles. The number of methoxy groups -OCH3 is 3. The Morgan fingerprint density at radius 3 is 1.93 bits per heavy atom. The number of amides is 1. The van der Waals surface area contributed by atoms with Crippen LogP contribution in [0.15, 0.2) is 84.0 Å². The minimum atomic E-state index is -2.92. The molecule has 2 spiro atoms. The highest BCUT2D eigenvalue weighted by molar-refractivity contribution is 6.99. The van der Waals surface area contributed by atoms with Crippen molar-refractivity contribution in [1.82, 2.24) is 4.90 Å². The molecule has 89 heavy (non-hydrogen) atoms. The fourth-order valence-corrected chi connectivity index (χ4v) is 22.2. The molecule has 0 aromatic heterocycles. The molecule has 498 valence electrons. The second-order valence-corrected chi connectivity index (χ2v) is 40.2. The van der Waals surface area contributed by atoms with Crippen LogP contribution in [0.25, 0.3) is 0 Å². The van der Waals surface area contributed by atoms with Crippen LogP contribution in [0.2, 0.25) is 23.2 Å². The van der Waals surface area contributed by atoms with E-state index in [9.17, 15) is 0 Å². The summed E-state index contributed by atoms with van der Waals surface area (Å²) in [4.78, 5) is 33.1. The Morgan fingerprint density at radius 1 is 0.708 bits per heavy atom. The number of fused-ring (bicyclic) bond motifs is 3. The fourth-order valence-electron chi connectivity index (χ4n) is 16.1. The second-order valence-electron chi connectivity index (χ2n) is 31.2.